The van der Waals surface area contributed by atoms with Gasteiger partial charge in [-0.05, 0) is 24.2 Å². The molecule has 0 amide bonds. The first-order chi connectivity index (χ1) is 8.48. The lowest BCUT2D eigenvalue weighted by Gasteiger charge is -2.34. The van der Waals surface area contributed by atoms with Crippen molar-refractivity contribution in [3.8, 4) is 0 Å². The summed E-state index contributed by atoms with van der Waals surface area (Å²) in [5.74, 6) is 3.77. The summed E-state index contributed by atoms with van der Waals surface area (Å²) in [4.78, 5) is 0. The molecule has 4 nitrogen and oxygen atoms in total. The SMILES string of the molecule is CC(c1nnc2n1CCNC2C(C)(C)C)C1CC1. The smallest absolute Gasteiger partial charge is 0.150 e. The maximum atomic E-state index is 4.50. The lowest BCUT2D eigenvalue weighted by Crippen LogP contribution is -2.41. The van der Waals surface area contributed by atoms with Crippen molar-refractivity contribution >= 4 is 0 Å². The number of nitrogens with one attached hydrogen (secondary N) is 1. The Morgan fingerprint density at radius 3 is 2.61 bits per heavy atom. The maximum Gasteiger partial charge on any atom is 0.150 e. The van der Waals surface area contributed by atoms with Crippen molar-refractivity contribution in [1.29, 1.82) is 0 Å². The van der Waals surface area contributed by atoms with Crippen LogP contribution in [0.2, 0.25) is 0 Å². The van der Waals surface area contributed by atoms with Gasteiger partial charge in [-0.25, -0.2) is 0 Å². The van der Waals surface area contributed by atoms with Crippen molar-refractivity contribution in [2.45, 2.75) is 59.0 Å². The van der Waals surface area contributed by atoms with Crippen LogP contribution in [0.15, 0.2) is 0 Å². The molecular formula is C14H24N4. The fourth-order valence-corrected chi connectivity index (χ4v) is 3.02. The van der Waals surface area contributed by atoms with Crippen LogP contribution in [0, 0.1) is 11.3 Å². The van der Waals surface area contributed by atoms with Gasteiger partial charge in [-0.2, -0.15) is 0 Å². The zero-order valence-electron chi connectivity index (χ0n) is 11.9. The first-order valence-electron chi connectivity index (χ1n) is 7.15. The third-order valence-corrected chi connectivity index (χ3v) is 4.35. The van der Waals surface area contributed by atoms with Crippen LogP contribution in [0.3, 0.4) is 0 Å². The molecule has 1 aromatic heterocycles. The molecule has 1 fully saturated rings. The fourth-order valence-electron chi connectivity index (χ4n) is 3.02. The topological polar surface area (TPSA) is 42.7 Å². The standard InChI is InChI=1S/C14H24N4/c1-9(10-5-6-10)12-16-17-13-11(14(2,3)4)15-7-8-18(12)13/h9-11,15H,5-8H2,1-4H3. The van der Waals surface area contributed by atoms with Crippen molar-refractivity contribution in [2.24, 2.45) is 11.3 Å². The normalized spacial score (nSPS) is 25.9. The molecule has 100 valence electrons. The Morgan fingerprint density at radius 2 is 2.00 bits per heavy atom. The molecular weight excluding hydrogens is 224 g/mol. The van der Waals surface area contributed by atoms with Crippen LogP contribution < -0.4 is 5.32 Å². The Labute approximate surface area is 109 Å². The Bertz CT molecular complexity index is 439. The van der Waals surface area contributed by atoms with E-state index < -0.39 is 0 Å². The van der Waals surface area contributed by atoms with Crippen LogP contribution in [0.25, 0.3) is 0 Å². The summed E-state index contributed by atoms with van der Waals surface area (Å²) in [6.45, 7) is 11.1. The Hall–Kier alpha value is -0.900. The molecule has 1 aliphatic carbocycles. The van der Waals surface area contributed by atoms with Crippen molar-refractivity contribution in [3.05, 3.63) is 11.6 Å². The first-order valence-corrected chi connectivity index (χ1v) is 7.15. The van der Waals surface area contributed by atoms with E-state index in [1.165, 1.54) is 18.7 Å². The van der Waals surface area contributed by atoms with E-state index in [-0.39, 0.29) is 5.41 Å². The molecule has 1 saturated carbocycles. The lowest BCUT2D eigenvalue weighted by molar-refractivity contribution is 0.231. The number of hydrogen-bond acceptors (Lipinski definition) is 3. The Kier molecular flexibility index (Phi) is 2.73. The van der Waals surface area contributed by atoms with Gasteiger partial charge in [-0.1, -0.05) is 27.7 Å². The third-order valence-electron chi connectivity index (χ3n) is 4.35. The molecule has 4 heteroatoms. The second-order valence-corrected chi connectivity index (χ2v) is 6.95. The Balaban J connectivity index is 1.95. The van der Waals surface area contributed by atoms with E-state index in [0.717, 1.165) is 24.8 Å². The minimum absolute atomic E-state index is 0.186. The monoisotopic (exact) mass is 248 g/mol. The second kappa shape index (κ2) is 4.05. The van der Waals surface area contributed by atoms with E-state index in [1.807, 2.05) is 0 Å². The van der Waals surface area contributed by atoms with Crippen molar-refractivity contribution < 1.29 is 0 Å². The second-order valence-electron chi connectivity index (χ2n) is 6.95. The number of fused-ring (bicyclic) bond motifs is 1. The number of nitrogens with zero attached hydrogens (tertiary/aromatic N) is 3. The van der Waals surface area contributed by atoms with Crippen LogP contribution in [0.4, 0.5) is 0 Å². The highest BCUT2D eigenvalue weighted by molar-refractivity contribution is 5.12. The zero-order valence-corrected chi connectivity index (χ0v) is 11.9. The van der Waals surface area contributed by atoms with Crippen molar-refractivity contribution in [2.75, 3.05) is 6.54 Å². The predicted octanol–water partition coefficient (Wildman–Crippen LogP) is 2.48. The van der Waals surface area contributed by atoms with Gasteiger partial charge in [0.25, 0.3) is 0 Å². The van der Waals surface area contributed by atoms with Gasteiger partial charge in [0.15, 0.2) is 5.82 Å². The summed E-state index contributed by atoms with van der Waals surface area (Å²) in [5, 5.41) is 12.6. The summed E-state index contributed by atoms with van der Waals surface area (Å²) in [6, 6.07) is 0.318. The molecule has 2 heterocycles. The predicted molar refractivity (Wildman–Crippen MR) is 71.4 cm³/mol. The van der Waals surface area contributed by atoms with E-state index in [0.29, 0.717) is 12.0 Å². The number of rotatable bonds is 2. The van der Waals surface area contributed by atoms with Crippen molar-refractivity contribution in [1.82, 2.24) is 20.1 Å². The molecule has 0 bridgehead atoms. The molecule has 1 aliphatic heterocycles. The molecule has 2 unspecified atom stereocenters. The van der Waals surface area contributed by atoms with E-state index in [1.54, 1.807) is 0 Å². The minimum atomic E-state index is 0.186. The molecule has 1 N–H and O–H groups in total. The van der Waals surface area contributed by atoms with E-state index in [9.17, 15) is 0 Å². The molecule has 0 spiro atoms. The van der Waals surface area contributed by atoms with Gasteiger partial charge in [0.2, 0.25) is 0 Å². The third kappa shape index (κ3) is 1.96. The molecule has 0 saturated heterocycles. The average Bonchev–Trinajstić information content (AvgIpc) is 3.06. The van der Waals surface area contributed by atoms with Gasteiger partial charge in [0.05, 0.1) is 6.04 Å². The van der Waals surface area contributed by atoms with E-state index in [4.69, 9.17) is 0 Å². The van der Waals surface area contributed by atoms with Crippen LogP contribution in [0.1, 0.15) is 64.1 Å². The van der Waals surface area contributed by atoms with E-state index >= 15 is 0 Å². The molecule has 0 radical (unpaired) electrons. The first kappa shape index (κ1) is 12.2. The summed E-state index contributed by atoms with van der Waals surface area (Å²) < 4.78 is 2.37. The van der Waals surface area contributed by atoms with Crippen LogP contribution in [-0.2, 0) is 6.54 Å². The van der Waals surface area contributed by atoms with E-state index in [2.05, 4.69) is 47.8 Å². The largest absolute Gasteiger partial charge is 0.312 e. The van der Waals surface area contributed by atoms with Crippen LogP contribution in [-0.4, -0.2) is 21.3 Å². The quantitative estimate of drug-likeness (QED) is 0.874. The van der Waals surface area contributed by atoms with Gasteiger partial charge < -0.3 is 9.88 Å². The van der Waals surface area contributed by atoms with Crippen LogP contribution >= 0.6 is 0 Å². The molecule has 0 aromatic carbocycles. The molecule has 2 aliphatic rings. The number of aromatic nitrogens is 3. The highest BCUT2D eigenvalue weighted by atomic mass is 15.3. The highest BCUT2D eigenvalue weighted by Gasteiger charge is 2.37. The van der Waals surface area contributed by atoms with Gasteiger partial charge in [0.1, 0.15) is 5.82 Å². The molecule has 18 heavy (non-hydrogen) atoms. The van der Waals surface area contributed by atoms with Gasteiger partial charge >= 0.3 is 0 Å². The average molecular weight is 248 g/mol. The maximum absolute atomic E-state index is 4.50. The summed E-state index contributed by atoms with van der Waals surface area (Å²) in [7, 11) is 0. The molecule has 3 rings (SSSR count). The van der Waals surface area contributed by atoms with Crippen molar-refractivity contribution in [3.63, 3.8) is 0 Å². The Morgan fingerprint density at radius 1 is 1.28 bits per heavy atom. The highest BCUT2D eigenvalue weighted by Crippen LogP contribution is 2.43. The van der Waals surface area contributed by atoms with Crippen LogP contribution in [0.5, 0.6) is 0 Å². The van der Waals surface area contributed by atoms with Gasteiger partial charge in [-0.3, -0.25) is 0 Å². The zero-order chi connectivity index (χ0) is 12.9. The fraction of sp³-hybridized carbons (Fsp3) is 0.857. The molecule has 2 atom stereocenters. The lowest BCUT2D eigenvalue weighted by atomic mass is 9.85. The van der Waals surface area contributed by atoms with Gasteiger partial charge in [-0.15, -0.1) is 10.2 Å². The van der Waals surface area contributed by atoms with Gasteiger partial charge in [0, 0.05) is 19.0 Å². The number of hydrogen-bond donors (Lipinski definition) is 1. The summed E-state index contributed by atoms with van der Waals surface area (Å²) >= 11 is 0. The molecule has 1 aromatic rings. The summed E-state index contributed by atoms with van der Waals surface area (Å²) in [5.41, 5.74) is 0.186. The summed E-state index contributed by atoms with van der Waals surface area (Å²) in [6.07, 6.45) is 2.73. The minimum Gasteiger partial charge on any atom is -0.312 e.